The van der Waals surface area contributed by atoms with Gasteiger partial charge in [-0.15, -0.1) is 16.8 Å². The minimum absolute atomic E-state index is 0.0137. The van der Waals surface area contributed by atoms with Gasteiger partial charge in [0.2, 0.25) is 11.7 Å². The molecule has 170 valence electrons. The molecule has 2 aromatic heterocycles. The number of thioether (sulfide) groups is 1. The molecule has 0 aliphatic rings. The summed E-state index contributed by atoms with van der Waals surface area (Å²) >= 11 is 1.15. The van der Waals surface area contributed by atoms with Crippen molar-refractivity contribution in [1.29, 1.82) is 0 Å². The number of carbonyl (C=O) groups excluding carboxylic acids is 1. The Bertz CT molecular complexity index is 1400. The zero-order chi connectivity index (χ0) is 23.5. The van der Waals surface area contributed by atoms with E-state index in [2.05, 4.69) is 22.1 Å². The molecular formula is C23H21F2N5O2S. The topological polar surface area (TPSA) is 81.3 Å². The van der Waals surface area contributed by atoms with Gasteiger partial charge in [-0.25, -0.2) is 8.78 Å². The van der Waals surface area contributed by atoms with Gasteiger partial charge in [0.15, 0.2) is 5.16 Å². The van der Waals surface area contributed by atoms with Gasteiger partial charge in [0.1, 0.15) is 11.6 Å². The molecule has 4 rings (SSSR count). The molecule has 0 fully saturated rings. The van der Waals surface area contributed by atoms with Gasteiger partial charge in [-0.3, -0.25) is 18.6 Å². The summed E-state index contributed by atoms with van der Waals surface area (Å²) in [4.78, 5) is 25.3. The number of allylic oxidation sites excluding steroid dienone is 1. The van der Waals surface area contributed by atoms with Gasteiger partial charge >= 0.3 is 0 Å². The maximum absolute atomic E-state index is 13.9. The van der Waals surface area contributed by atoms with Crippen LogP contribution in [0.4, 0.5) is 8.78 Å². The molecule has 0 aliphatic heterocycles. The van der Waals surface area contributed by atoms with Crippen molar-refractivity contribution in [2.45, 2.75) is 31.1 Å². The van der Waals surface area contributed by atoms with Gasteiger partial charge in [-0.1, -0.05) is 36.0 Å². The van der Waals surface area contributed by atoms with Crippen LogP contribution >= 0.6 is 11.8 Å². The van der Waals surface area contributed by atoms with E-state index >= 15 is 0 Å². The summed E-state index contributed by atoms with van der Waals surface area (Å²) in [6, 6.07) is 10.3. The van der Waals surface area contributed by atoms with Crippen molar-refractivity contribution in [2.24, 2.45) is 0 Å². The Morgan fingerprint density at radius 3 is 2.64 bits per heavy atom. The molecule has 0 saturated carbocycles. The van der Waals surface area contributed by atoms with Gasteiger partial charge in [-0.05, 0) is 37.6 Å². The maximum atomic E-state index is 13.9. The number of benzene rings is 2. The first-order chi connectivity index (χ1) is 15.9. The van der Waals surface area contributed by atoms with Crippen LogP contribution in [0.1, 0.15) is 12.5 Å². The summed E-state index contributed by atoms with van der Waals surface area (Å²) in [5.74, 6) is -1.23. The normalized spacial score (nSPS) is 12.2. The number of hydrogen-bond donors (Lipinski definition) is 1. The van der Waals surface area contributed by atoms with E-state index in [0.717, 1.165) is 11.8 Å². The van der Waals surface area contributed by atoms with Crippen molar-refractivity contribution in [3.05, 3.63) is 82.7 Å². The average Bonchev–Trinajstić information content (AvgIpc) is 3.22. The van der Waals surface area contributed by atoms with E-state index in [4.69, 9.17) is 0 Å². The maximum Gasteiger partial charge on any atom is 0.263 e. The Kier molecular flexibility index (Phi) is 6.55. The Balaban J connectivity index is 1.53. The second kappa shape index (κ2) is 9.53. The highest BCUT2D eigenvalue weighted by Gasteiger charge is 2.18. The molecule has 10 heteroatoms. The molecule has 1 N–H and O–H groups in total. The summed E-state index contributed by atoms with van der Waals surface area (Å²) in [5.41, 5.74) is 0.371. The SMILES string of the molecule is C=CCn1c(=O)c2ccccc2n2c(SCC(=O)NC(C)Cc3c(F)cccc3F)nnc12. The fourth-order valence-electron chi connectivity index (χ4n) is 3.65. The third-order valence-electron chi connectivity index (χ3n) is 5.10. The first-order valence-corrected chi connectivity index (χ1v) is 11.2. The van der Waals surface area contributed by atoms with Crippen molar-refractivity contribution < 1.29 is 13.6 Å². The average molecular weight is 470 g/mol. The van der Waals surface area contributed by atoms with Crippen LogP contribution in [0.25, 0.3) is 16.7 Å². The highest BCUT2D eigenvalue weighted by molar-refractivity contribution is 7.99. The molecule has 7 nitrogen and oxygen atoms in total. The lowest BCUT2D eigenvalue weighted by Gasteiger charge is -2.15. The van der Waals surface area contributed by atoms with Gasteiger partial charge in [0.05, 0.1) is 16.7 Å². The number of carbonyl (C=O) groups is 1. The first-order valence-electron chi connectivity index (χ1n) is 10.2. The number of aromatic nitrogens is 4. The summed E-state index contributed by atoms with van der Waals surface area (Å²) in [7, 11) is 0. The Morgan fingerprint density at radius 2 is 1.91 bits per heavy atom. The van der Waals surface area contributed by atoms with Crippen molar-refractivity contribution in [3.8, 4) is 0 Å². The van der Waals surface area contributed by atoms with E-state index in [1.54, 1.807) is 35.6 Å². The van der Waals surface area contributed by atoms with Crippen LogP contribution in [-0.4, -0.2) is 36.9 Å². The first kappa shape index (κ1) is 22.7. The molecular weight excluding hydrogens is 448 g/mol. The third-order valence-corrected chi connectivity index (χ3v) is 6.03. The Morgan fingerprint density at radius 1 is 1.18 bits per heavy atom. The fourth-order valence-corrected chi connectivity index (χ4v) is 4.40. The van der Waals surface area contributed by atoms with Gasteiger partial charge in [0, 0.05) is 18.2 Å². The van der Waals surface area contributed by atoms with Crippen LogP contribution in [0.3, 0.4) is 0 Å². The second-order valence-electron chi connectivity index (χ2n) is 7.50. The van der Waals surface area contributed by atoms with E-state index in [1.807, 2.05) is 6.07 Å². The van der Waals surface area contributed by atoms with Crippen molar-refractivity contribution >= 4 is 34.3 Å². The molecule has 1 amide bonds. The van der Waals surface area contributed by atoms with Crippen LogP contribution in [0.5, 0.6) is 0 Å². The lowest BCUT2D eigenvalue weighted by molar-refractivity contribution is -0.119. The highest BCUT2D eigenvalue weighted by Crippen LogP contribution is 2.21. The van der Waals surface area contributed by atoms with Crippen LogP contribution in [0.2, 0.25) is 0 Å². The van der Waals surface area contributed by atoms with Crippen molar-refractivity contribution in [3.63, 3.8) is 0 Å². The highest BCUT2D eigenvalue weighted by atomic mass is 32.2. The lowest BCUT2D eigenvalue weighted by atomic mass is 10.1. The molecule has 2 aromatic carbocycles. The quantitative estimate of drug-likeness (QED) is 0.316. The molecule has 0 aliphatic carbocycles. The standard InChI is InChI=1S/C23H21F2N5O2S/c1-3-11-29-21(32)15-7-4-5-10-19(15)30-22(29)27-28-23(30)33-13-20(31)26-14(2)12-16-17(24)8-6-9-18(16)25/h3-10,14H,1,11-13H2,2H3,(H,26,31). The summed E-state index contributed by atoms with van der Waals surface area (Å²) in [6.45, 7) is 5.64. The van der Waals surface area contributed by atoms with E-state index < -0.39 is 17.7 Å². The predicted molar refractivity (Wildman–Crippen MR) is 123 cm³/mol. The van der Waals surface area contributed by atoms with Crippen LogP contribution in [0, 0.1) is 11.6 Å². The number of halogens is 2. The van der Waals surface area contributed by atoms with E-state index in [0.29, 0.717) is 21.8 Å². The molecule has 0 bridgehead atoms. The number of hydrogen-bond acceptors (Lipinski definition) is 5. The summed E-state index contributed by atoms with van der Waals surface area (Å²) in [5, 5.41) is 12.0. The van der Waals surface area contributed by atoms with Crippen molar-refractivity contribution in [1.82, 2.24) is 24.5 Å². The Hall–Kier alpha value is -3.53. The minimum atomic E-state index is -0.641. The second-order valence-corrected chi connectivity index (χ2v) is 8.44. The van der Waals surface area contributed by atoms with Crippen LogP contribution in [0.15, 0.2) is 65.1 Å². The van der Waals surface area contributed by atoms with Crippen LogP contribution in [-0.2, 0) is 17.8 Å². The fraction of sp³-hybridized carbons (Fsp3) is 0.217. The van der Waals surface area contributed by atoms with Gasteiger partial charge in [0.25, 0.3) is 5.56 Å². The molecule has 4 aromatic rings. The number of fused-ring (bicyclic) bond motifs is 3. The minimum Gasteiger partial charge on any atom is -0.353 e. The predicted octanol–water partition coefficient (Wildman–Crippen LogP) is 3.35. The molecule has 2 heterocycles. The molecule has 33 heavy (non-hydrogen) atoms. The summed E-state index contributed by atoms with van der Waals surface area (Å²) in [6.07, 6.45) is 1.63. The number of rotatable bonds is 8. The molecule has 1 unspecified atom stereocenters. The zero-order valence-corrected chi connectivity index (χ0v) is 18.6. The molecule has 0 spiro atoms. The van der Waals surface area contributed by atoms with Gasteiger partial charge < -0.3 is 5.32 Å². The van der Waals surface area contributed by atoms with Crippen molar-refractivity contribution in [2.75, 3.05) is 5.75 Å². The molecule has 0 saturated heterocycles. The van der Waals surface area contributed by atoms with E-state index in [9.17, 15) is 18.4 Å². The molecule has 0 radical (unpaired) electrons. The zero-order valence-electron chi connectivity index (χ0n) is 17.8. The smallest absolute Gasteiger partial charge is 0.263 e. The van der Waals surface area contributed by atoms with Crippen LogP contribution < -0.4 is 10.9 Å². The van der Waals surface area contributed by atoms with E-state index in [1.165, 1.54) is 22.8 Å². The largest absolute Gasteiger partial charge is 0.353 e. The van der Waals surface area contributed by atoms with Gasteiger partial charge in [-0.2, -0.15) is 0 Å². The number of amides is 1. The molecule has 1 atom stereocenters. The number of nitrogens with zero attached hydrogens (tertiary/aromatic N) is 4. The summed E-state index contributed by atoms with van der Waals surface area (Å²) < 4.78 is 30.9. The Labute approximate surface area is 192 Å². The number of nitrogens with one attached hydrogen (secondary N) is 1. The third kappa shape index (κ3) is 4.51. The number of para-hydroxylation sites is 1. The lowest BCUT2D eigenvalue weighted by Crippen LogP contribution is -2.35. The van der Waals surface area contributed by atoms with E-state index in [-0.39, 0.29) is 35.7 Å². The monoisotopic (exact) mass is 469 g/mol.